The van der Waals surface area contributed by atoms with E-state index >= 15 is 0 Å². The molecule has 1 aromatic carbocycles. The summed E-state index contributed by atoms with van der Waals surface area (Å²) < 4.78 is 11.7. The summed E-state index contributed by atoms with van der Waals surface area (Å²) in [5.41, 5.74) is 0. The Morgan fingerprint density at radius 3 is 2.14 bits per heavy atom. The van der Waals surface area contributed by atoms with Gasteiger partial charge >= 0.3 is 0 Å². The third-order valence-electron chi connectivity index (χ3n) is 2.81. The van der Waals surface area contributed by atoms with Crippen molar-refractivity contribution >= 4 is 0 Å². The first-order valence-electron chi connectivity index (χ1n) is 5.06. The Bertz CT molecular complexity index is 318. The third kappa shape index (κ3) is 1.16. The van der Waals surface area contributed by atoms with Gasteiger partial charge in [-0.25, -0.2) is 0 Å². The van der Waals surface area contributed by atoms with E-state index in [4.69, 9.17) is 9.47 Å². The Labute approximate surface area is 83.0 Å². The average Bonchev–Trinajstić information content (AvgIpc) is 2.56. The molecule has 0 aromatic heterocycles. The first-order valence-corrected chi connectivity index (χ1v) is 5.06. The summed E-state index contributed by atoms with van der Waals surface area (Å²) in [5.74, 6) is 1.39. The van der Waals surface area contributed by atoms with Crippen molar-refractivity contribution in [1.82, 2.24) is 5.32 Å². The molecule has 2 aliphatic heterocycles. The fourth-order valence-corrected chi connectivity index (χ4v) is 2.05. The van der Waals surface area contributed by atoms with Crippen LogP contribution in [0.4, 0.5) is 0 Å². The predicted molar refractivity (Wildman–Crippen MR) is 52.5 cm³/mol. The maximum absolute atomic E-state index is 5.87. The van der Waals surface area contributed by atoms with E-state index in [9.17, 15) is 0 Å². The van der Waals surface area contributed by atoms with Crippen LogP contribution in [0.2, 0.25) is 0 Å². The fourth-order valence-electron chi connectivity index (χ4n) is 2.05. The van der Waals surface area contributed by atoms with Gasteiger partial charge in [0.15, 0.2) is 11.5 Å². The number of piperidine rings is 1. The van der Waals surface area contributed by atoms with E-state index in [1.807, 2.05) is 24.3 Å². The van der Waals surface area contributed by atoms with Gasteiger partial charge < -0.3 is 14.8 Å². The quantitative estimate of drug-likeness (QED) is 0.674. The standard InChI is InChI=1S/C11H13NO2/c1-2-4-10-9(3-1)13-11(14-10)5-7-12-8-6-11/h1-4,12H,5-8H2. The normalized spacial score (nSPS) is 22.6. The van der Waals surface area contributed by atoms with E-state index in [0.717, 1.165) is 37.4 Å². The van der Waals surface area contributed by atoms with Gasteiger partial charge in [-0.3, -0.25) is 0 Å². The first-order chi connectivity index (χ1) is 6.88. The molecule has 0 unspecified atom stereocenters. The third-order valence-corrected chi connectivity index (χ3v) is 2.81. The van der Waals surface area contributed by atoms with Gasteiger partial charge in [-0.15, -0.1) is 0 Å². The highest BCUT2D eigenvalue weighted by Crippen LogP contribution is 2.42. The smallest absolute Gasteiger partial charge is 0.254 e. The van der Waals surface area contributed by atoms with Gasteiger partial charge in [0, 0.05) is 25.9 Å². The van der Waals surface area contributed by atoms with Crippen molar-refractivity contribution in [2.24, 2.45) is 0 Å². The molecular weight excluding hydrogens is 178 g/mol. The lowest BCUT2D eigenvalue weighted by Gasteiger charge is -2.31. The van der Waals surface area contributed by atoms with Gasteiger partial charge in [0.05, 0.1) is 0 Å². The van der Waals surface area contributed by atoms with Crippen molar-refractivity contribution in [2.45, 2.75) is 18.6 Å². The van der Waals surface area contributed by atoms with Crippen molar-refractivity contribution in [3.63, 3.8) is 0 Å². The summed E-state index contributed by atoms with van der Waals surface area (Å²) in [6.45, 7) is 1.93. The summed E-state index contributed by atoms with van der Waals surface area (Å²) in [6, 6.07) is 7.88. The second-order valence-electron chi connectivity index (χ2n) is 3.81. The lowest BCUT2D eigenvalue weighted by molar-refractivity contribution is -0.0998. The molecule has 0 atom stereocenters. The van der Waals surface area contributed by atoms with Gasteiger partial charge in [0.1, 0.15) is 0 Å². The molecule has 1 fully saturated rings. The molecule has 0 saturated carbocycles. The second kappa shape index (κ2) is 2.89. The topological polar surface area (TPSA) is 30.5 Å². The fraction of sp³-hybridized carbons (Fsp3) is 0.455. The van der Waals surface area contributed by atoms with Crippen molar-refractivity contribution in [2.75, 3.05) is 13.1 Å². The number of benzene rings is 1. The van der Waals surface area contributed by atoms with Crippen LogP contribution in [-0.4, -0.2) is 18.9 Å². The van der Waals surface area contributed by atoms with Gasteiger partial charge in [0.2, 0.25) is 0 Å². The van der Waals surface area contributed by atoms with Crippen molar-refractivity contribution in [1.29, 1.82) is 0 Å². The summed E-state index contributed by atoms with van der Waals surface area (Å²) in [7, 11) is 0. The van der Waals surface area contributed by atoms with Crippen molar-refractivity contribution in [3.8, 4) is 11.5 Å². The summed E-state index contributed by atoms with van der Waals surface area (Å²) in [5, 5.41) is 3.30. The molecule has 2 aliphatic rings. The van der Waals surface area contributed by atoms with E-state index in [0.29, 0.717) is 0 Å². The Hall–Kier alpha value is -1.22. The zero-order valence-electron chi connectivity index (χ0n) is 7.95. The Balaban J connectivity index is 1.89. The number of para-hydroxylation sites is 2. The Morgan fingerprint density at radius 1 is 1.00 bits per heavy atom. The van der Waals surface area contributed by atoms with Crippen LogP contribution in [0, 0.1) is 0 Å². The lowest BCUT2D eigenvalue weighted by Crippen LogP contribution is -2.48. The minimum Gasteiger partial charge on any atom is -0.448 e. The van der Waals surface area contributed by atoms with Crippen LogP contribution >= 0.6 is 0 Å². The van der Waals surface area contributed by atoms with Crippen LogP contribution < -0.4 is 14.8 Å². The highest BCUT2D eigenvalue weighted by atomic mass is 16.7. The van der Waals surface area contributed by atoms with E-state index < -0.39 is 0 Å². The highest BCUT2D eigenvalue weighted by Gasteiger charge is 2.42. The molecule has 3 nitrogen and oxygen atoms in total. The summed E-state index contributed by atoms with van der Waals surface area (Å²) in [4.78, 5) is 0. The highest BCUT2D eigenvalue weighted by molar-refractivity contribution is 5.42. The van der Waals surface area contributed by atoms with Crippen molar-refractivity contribution < 1.29 is 9.47 Å². The van der Waals surface area contributed by atoms with Crippen LogP contribution in [-0.2, 0) is 0 Å². The monoisotopic (exact) mass is 191 g/mol. The molecule has 1 saturated heterocycles. The molecular formula is C11H13NO2. The maximum Gasteiger partial charge on any atom is 0.254 e. The van der Waals surface area contributed by atoms with Gasteiger partial charge in [-0.2, -0.15) is 0 Å². The van der Waals surface area contributed by atoms with E-state index in [1.54, 1.807) is 0 Å². The summed E-state index contributed by atoms with van der Waals surface area (Å²) >= 11 is 0. The number of hydrogen-bond acceptors (Lipinski definition) is 3. The predicted octanol–water partition coefficient (Wildman–Crippen LogP) is 1.54. The van der Waals surface area contributed by atoms with Gasteiger partial charge in [0.25, 0.3) is 5.79 Å². The van der Waals surface area contributed by atoms with E-state index in [2.05, 4.69) is 5.32 Å². The SMILES string of the molecule is c1ccc2c(c1)OC1(CCNCC1)O2. The minimum absolute atomic E-state index is 0.380. The molecule has 3 heteroatoms. The number of rotatable bonds is 0. The molecule has 0 bridgehead atoms. The average molecular weight is 191 g/mol. The molecule has 0 radical (unpaired) electrons. The second-order valence-corrected chi connectivity index (χ2v) is 3.81. The van der Waals surface area contributed by atoms with Crippen LogP contribution in [0.15, 0.2) is 24.3 Å². The number of ether oxygens (including phenoxy) is 2. The van der Waals surface area contributed by atoms with Crippen LogP contribution in [0.1, 0.15) is 12.8 Å². The molecule has 0 aliphatic carbocycles. The number of fused-ring (bicyclic) bond motifs is 1. The molecule has 1 spiro atoms. The lowest BCUT2D eigenvalue weighted by atomic mass is 10.1. The van der Waals surface area contributed by atoms with Crippen LogP contribution in [0.3, 0.4) is 0 Å². The molecule has 14 heavy (non-hydrogen) atoms. The molecule has 74 valence electrons. The molecule has 3 rings (SSSR count). The molecule has 2 heterocycles. The van der Waals surface area contributed by atoms with Crippen LogP contribution in [0.5, 0.6) is 11.5 Å². The van der Waals surface area contributed by atoms with E-state index in [1.165, 1.54) is 0 Å². The van der Waals surface area contributed by atoms with E-state index in [-0.39, 0.29) is 5.79 Å². The molecule has 0 amide bonds. The zero-order chi connectivity index (χ0) is 9.43. The zero-order valence-corrected chi connectivity index (χ0v) is 7.95. The first kappa shape index (κ1) is 8.12. The molecule has 1 aromatic rings. The van der Waals surface area contributed by atoms with Crippen molar-refractivity contribution in [3.05, 3.63) is 24.3 Å². The Kier molecular flexibility index (Phi) is 1.67. The van der Waals surface area contributed by atoms with Crippen LogP contribution in [0.25, 0.3) is 0 Å². The summed E-state index contributed by atoms with van der Waals surface area (Å²) in [6.07, 6.45) is 1.84. The number of hydrogen-bond donors (Lipinski definition) is 1. The maximum atomic E-state index is 5.87. The molecule has 1 N–H and O–H groups in total. The Morgan fingerprint density at radius 2 is 1.57 bits per heavy atom. The number of nitrogens with one attached hydrogen (secondary N) is 1. The van der Waals surface area contributed by atoms with Gasteiger partial charge in [-0.05, 0) is 12.1 Å². The minimum atomic E-state index is -0.380. The largest absolute Gasteiger partial charge is 0.448 e. The van der Waals surface area contributed by atoms with Gasteiger partial charge in [-0.1, -0.05) is 12.1 Å².